The number of likely N-dealkylation sites (tertiary alicyclic amines) is 1. The molecule has 5 heterocycles. The van der Waals surface area contributed by atoms with E-state index in [-0.39, 0.29) is 29.1 Å². The number of hydrogen-bond acceptors (Lipinski definition) is 7. The number of thiophene rings is 1. The summed E-state index contributed by atoms with van der Waals surface area (Å²) in [5, 5.41) is 7.37. The van der Waals surface area contributed by atoms with Gasteiger partial charge in [0, 0.05) is 74.7 Å². The molecule has 1 aromatic carbocycles. The normalized spacial score (nSPS) is 18.1. The highest BCUT2D eigenvalue weighted by atomic mass is 35.5. The van der Waals surface area contributed by atoms with E-state index in [1.807, 2.05) is 23.6 Å². The number of aromatic nitrogens is 1. The van der Waals surface area contributed by atoms with Crippen LogP contribution in [0.15, 0.2) is 48.1 Å². The van der Waals surface area contributed by atoms with Crippen LogP contribution in [-0.2, 0) is 23.9 Å². The van der Waals surface area contributed by atoms with E-state index in [0.29, 0.717) is 58.7 Å². The van der Waals surface area contributed by atoms with Gasteiger partial charge in [-0.05, 0) is 54.1 Å². The third-order valence-electron chi connectivity index (χ3n) is 8.90. The second kappa shape index (κ2) is 13.5. The summed E-state index contributed by atoms with van der Waals surface area (Å²) in [6.45, 7) is 2.98. The van der Waals surface area contributed by atoms with E-state index >= 15 is 0 Å². The summed E-state index contributed by atoms with van der Waals surface area (Å²) in [7, 11) is 0. The number of nitrogen functional groups attached to an aromatic ring is 1. The molecule has 0 aliphatic carbocycles. The van der Waals surface area contributed by atoms with Crippen LogP contribution >= 0.6 is 22.9 Å². The number of halogens is 4. The van der Waals surface area contributed by atoms with Crippen LogP contribution in [0.4, 0.5) is 39.8 Å². The Hall–Kier alpha value is -4.24. The summed E-state index contributed by atoms with van der Waals surface area (Å²) >= 11 is 7.67. The molecule has 0 spiro atoms. The van der Waals surface area contributed by atoms with Crippen molar-refractivity contribution in [3.8, 4) is 0 Å². The van der Waals surface area contributed by atoms with Gasteiger partial charge in [0.1, 0.15) is 6.04 Å². The lowest BCUT2D eigenvalue weighted by molar-refractivity contribution is -0.137. The molecule has 1 atom stereocenters. The maximum atomic E-state index is 13.9. The van der Waals surface area contributed by atoms with Gasteiger partial charge in [-0.2, -0.15) is 13.2 Å². The summed E-state index contributed by atoms with van der Waals surface area (Å²) in [6, 6.07) is 5.92. The lowest BCUT2D eigenvalue weighted by atomic mass is 10.00. The number of urea groups is 2. The summed E-state index contributed by atoms with van der Waals surface area (Å²) in [6.07, 6.45) is -0.509. The number of nitrogens with one attached hydrogen (secondary N) is 2. The standard InChI is InChI=1S/C31H34ClF3N8O3S/c32-23-16-19(15-22(27(23)36)31(33,34)35)17-25(28(44)41-12-10-40(11-13-41)20-1-6-37-7-2-20)39-29(45)42-8-3-21(4-9-42)43-18-26-24(5-14-47-26)38-30(43)46/h1-2,5-7,14-16,21,25H,3-4,8-13,17-18,36H2,(H,38,46)(H,39,45)/t25-/m1/s1. The highest BCUT2D eigenvalue weighted by Crippen LogP contribution is 2.38. The monoisotopic (exact) mass is 690 g/mol. The van der Waals surface area contributed by atoms with Gasteiger partial charge in [0.15, 0.2) is 0 Å². The first kappa shape index (κ1) is 32.7. The van der Waals surface area contributed by atoms with Crippen molar-refractivity contribution < 1.29 is 27.6 Å². The molecule has 0 saturated carbocycles. The van der Waals surface area contributed by atoms with E-state index in [9.17, 15) is 27.6 Å². The molecule has 5 amide bonds. The maximum absolute atomic E-state index is 13.9. The molecule has 0 radical (unpaired) electrons. The Bertz CT molecular complexity index is 1630. The fraction of sp³-hybridized carbons (Fsp3) is 0.419. The SMILES string of the molecule is Nc1c(Cl)cc(C[C@@H](NC(=O)N2CCC(N3Cc4sccc4NC3=O)CC2)C(=O)N2CCN(c3ccncc3)CC2)cc1C(F)(F)F. The molecule has 2 aromatic heterocycles. The molecule has 47 heavy (non-hydrogen) atoms. The van der Waals surface area contributed by atoms with Crippen molar-refractivity contribution in [2.75, 3.05) is 55.2 Å². The van der Waals surface area contributed by atoms with Crippen molar-refractivity contribution in [1.29, 1.82) is 0 Å². The summed E-state index contributed by atoms with van der Waals surface area (Å²) in [5.74, 6) is -0.402. The highest BCUT2D eigenvalue weighted by Gasteiger charge is 2.37. The Kier molecular flexibility index (Phi) is 9.37. The Balaban J connectivity index is 1.15. The van der Waals surface area contributed by atoms with Crippen LogP contribution in [0.3, 0.4) is 0 Å². The highest BCUT2D eigenvalue weighted by molar-refractivity contribution is 7.10. The molecule has 6 rings (SSSR count). The van der Waals surface area contributed by atoms with Gasteiger partial charge in [-0.15, -0.1) is 11.3 Å². The summed E-state index contributed by atoms with van der Waals surface area (Å²) in [5.41, 5.74) is 5.86. The Labute approximate surface area is 278 Å². The zero-order valence-corrected chi connectivity index (χ0v) is 26.9. The van der Waals surface area contributed by atoms with Crippen LogP contribution in [-0.4, -0.2) is 89.0 Å². The predicted octanol–water partition coefficient (Wildman–Crippen LogP) is 4.88. The van der Waals surface area contributed by atoms with E-state index in [2.05, 4.69) is 20.5 Å². The molecule has 2 fully saturated rings. The average Bonchev–Trinajstić information content (AvgIpc) is 3.52. The van der Waals surface area contributed by atoms with Crippen molar-refractivity contribution in [1.82, 2.24) is 25.0 Å². The molecule has 250 valence electrons. The first-order chi connectivity index (χ1) is 22.5. The fourth-order valence-electron chi connectivity index (χ4n) is 6.33. The number of nitrogens with zero attached hydrogens (tertiary/aromatic N) is 5. The van der Waals surface area contributed by atoms with Crippen LogP contribution < -0.4 is 21.3 Å². The van der Waals surface area contributed by atoms with Gasteiger partial charge in [-0.3, -0.25) is 9.78 Å². The van der Waals surface area contributed by atoms with E-state index in [0.717, 1.165) is 22.3 Å². The minimum absolute atomic E-state index is 0.0684. The number of pyridine rings is 1. The number of amides is 5. The lowest BCUT2D eigenvalue weighted by Gasteiger charge is -2.40. The number of carbonyl (C=O) groups excluding carboxylic acids is 3. The number of hydrogen-bond donors (Lipinski definition) is 3. The van der Waals surface area contributed by atoms with Gasteiger partial charge in [0.25, 0.3) is 0 Å². The smallest absolute Gasteiger partial charge is 0.397 e. The zero-order chi connectivity index (χ0) is 33.3. The Morgan fingerprint density at radius 1 is 1.06 bits per heavy atom. The van der Waals surface area contributed by atoms with Gasteiger partial charge in [-0.1, -0.05) is 11.6 Å². The van der Waals surface area contributed by atoms with Crippen LogP contribution in [0.2, 0.25) is 5.02 Å². The Morgan fingerprint density at radius 3 is 2.45 bits per heavy atom. The molecule has 0 bridgehead atoms. The number of nitrogens with two attached hydrogens (primary N) is 1. The van der Waals surface area contributed by atoms with Crippen LogP contribution in [0.1, 0.15) is 28.8 Å². The molecular weight excluding hydrogens is 657 g/mol. The average molecular weight is 691 g/mol. The number of piperidine rings is 1. The molecule has 3 aromatic rings. The van der Waals surface area contributed by atoms with Crippen molar-refractivity contribution in [2.45, 2.75) is 44.1 Å². The van der Waals surface area contributed by atoms with E-state index < -0.39 is 35.4 Å². The Morgan fingerprint density at radius 2 is 1.77 bits per heavy atom. The molecule has 11 nitrogen and oxygen atoms in total. The fourth-order valence-corrected chi connectivity index (χ4v) is 7.40. The molecule has 16 heteroatoms. The number of fused-ring (bicyclic) bond motifs is 1. The third kappa shape index (κ3) is 7.20. The molecule has 3 aliphatic heterocycles. The maximum Gasteiger partial charge on any atom is 0.418 e. The first-order valence-corrected chi connectivity index (χ1v) is 16.5. The zero-order valence-electron chi connectivity index (χ0n) is 25.3. The van der Waals surface area contributed by atoms with Gasteiger partial charge in [0.05, 0.1) is 28.5 Å². The minimum atomic E-state index is -4.75. The molecule has 2 saturated heterocycles. The van der Waals surface area contributed by atoms with Gasteiger partial charge in [-0.25, -0.2) is 9.59 Å². The van der Waals surface area contributed by atoms with E-state index in [1.54, 1.807) is 38.4 Å². The third-order valence-corrected chi connectivity index (χ3v) is 10.1. The van der Waals surface area contributed by atoms with Gasteiger partial charge < -0.3 is 36.0 Å². The van der Waals surface area contributed by atoms with Gasteiger partial charge in [0.2, 0.25) is 5.91 Å². The van der Waals surface area contributed by atoms with Gasteiger partial charge >= 0.3 is 18.2 Å². The van der Waals surface area contributed by atoms with Crippen molar-refractivity contribution in [3.63, 3.8) is 0 Å². The van der Waals surface area contributed by atoms with Crippen LogP contribution in [0, 0.1) is 0 Å². The topological polar surface area (TPSA) is 127 Å². The van der Waals surface area contributed by atoms with E-state index in [4.69, 9.17) is 17.3 Å². The lowest BCUT2D eigenvalue weighted by Crippen LogP contribution is -2.58. The second-order valence-electron chi connectivity index (χ2n) is 11.8. The van der Waals surface area contributed by atoms with Crippen molar-refractivity contribution >= 4 is 58.0 Å². The molecule has 4 N–H and O–H groups in total. The largest absolute Gasteiger partial charge is 0.418 e. The van der Waals surface area contributed by atoms with Crippen LogP contribution in [0.25, 0.3) is 0 Å². The van der Waals surface area contributed by atoms with Crippen molar-refractivity contribution in [3.05, 3.63) is 69.1 Å². The molecule has 0 unspecified atom stereocenters. The summed E-state index contributed by atoms with van der Waals surface area (Å²) in [4.78, 5) is 52.4. The number of rotatable bonds is 6. The summed E-state index contributed by atoms with van der Waals surface area (Å²) < 4.78 is 41.2. The number of piperazine rings is 1. The molecule has 3 aliphatic rings. The number of alkyl halides is 3. The number of anilines is 3. The molecular formula is C31H34ClF3N8O3S. The van der Waals surface area contributed by atoms with Crippen LogP contribution in [0.5, 0.6) is 0 Å². The quantitative estimate of drug-likeness (QED) is 0.317. The van der Waals surface area contributed by atoms with E-state index in [1.165, 1.54) is 6.07 Å². The number of carbonyl (C=O) groups is 3. The minimum Gasteiger partial charge on any atom is -0.397 e. The first-order valence-electron chi connectivity index (χ1n) is 15.3. The van der Waals surface area contributed by atoms with Crippen molar-refractivity contribution in [2.24, 2.45) is 0 Å². The predicted molar refractivity (Wildman–Crippen MR) is 173 cm³/mol. The second-order valence-corrected chi connectivity index (χ2v) is 13.2. The number of benzene rings is 1.